The van der Waals surface area contributed by atoms with Crippen LogP contribution in [-0.4, -0.2) is 26.2 Å². The SMILES string of the molecule is CN(CCCNC(=O)Oc1ccccc1)c1ccccc1. The lowest BCUT2D eigenvalue weighted by Crippen LogP contribution is -2.30. The maximum Gasteiger partial charge on any atom is 0.412 e. The van der Waals surface area contributed by atoms with Crippen LogP contribution < -0.4 is 15.0 Å². The number of nitrogens with zero attached hydrogens (tertiary/aromatic N) is 1. The van der Waals surface area contributed by atoms with Crippen molar-refractivity contribution in [3.8, 4) is 5.75 Å². The van der Waals surface area contributed by atoms with Crippen LogP contribution in [0.15, 0.2) is 60.7 Å². The molecule has 0 aliphatic heterocycles. The third kappa shape index (κ3) is 5.18. The Morgan fingerprint density at radius 1 is 1.05 bits per heavy atom. The summed E-state index contributed by atoms with van der Waals surface area (Å²) in [6.45, 7) is 1.46. The van der Waals surface area contributed by atoms with E-state index in [1.165, 1.54) is 5.69 Å². The van der Waals surface area contributed by atoms with Gasteiger partial charge in [-0.1, -0.05) is 36.4 Å². The Kier molecular flexibility index (Phi) is 5.64. The minimum absolute atomic E-state index is 0.413. The standard InChI is InChI=1S/C17H20N2O2/c1-19(15-9-4-2-5-10-15)14-8-13-18-17(20)21-16-11-6-3-7-12-16/h2-7,9-12H,8,13-14H2,1H3,(H,18,20). The van der Waals surface area contributed by atoms with Crippen molar-refractivity contribution in [1.29, 1.82) is 0 Å². The number of ether oxygens (including phenoxy) is 1. The highest BCUT2D eigenvalue weighted by Gasteiger charge is 2.04. The Bertz CT molecular complexity index is 543. The van der Waals surface area contributed by atoms with E-state index < -0.39 is 6.09 Å². The van der Waals surface area contributed by atoms with Gasteiger partial charge in [0.2, 0.25) is 0 Å². The van der Waals surface area contributed by atoms with Crippen LogP contribution in [0.4, 0.5) is 10.5 Å². The summed E-state index contributed by atoms with van der Waals surface area (Å²) >= 11 is 0. The molecule has 110 valence electrons. The summed E-state index contributed by atoms with van der Waals surface area (Å²) in [6.07, 6.45) is 0.443. The summed E-state index contributed by atoms with van der Waals surface area (Å²) < 4.78 is 5.14. The third-order valence-corrected chi connectivity index (χ3v) is 3.09. The first kappa shape index (κ1) is 14.9. The Hall–Kier alpha value is -2.49. The smallest absolute Gasteiger partial charge is 0.410 e. The lowest BCUT2D eigenvalue weighted by Gasteiger charge is -2.19. The van der Waals surface area contributed by atoms with Gasteiger partial charge in [-0.05, 0) is 30.7 Å². The van der Waals surface area contributed by atoms with E-state index in [2.05, 4.69) is 22.3 Å². The maximum atomic E-state index is 11.6. The normalized spacial score (nSPS) is 9.95. The van der Waals surface area contributed by atoms with Crippen LogP contribution in [0.25, 0.3) is 0 Å². The zero-order valence-electron chi connectivity index (χ0n) is 12.2. The summed E-state index contributed by atoms with van der Waals surface area (Å²) in [5, 5.41) is 2.75. The summed E-state index contributed by atoms with van der Waals surface area (Å²) in [5.41, 5.74) is 1.17. The van der Waals surface area contributed by atoms with Crippen molar-refractivity contribution < 1.29 is 9.53 Å². The van der Waals surface area contributed by atoms with Crippen molar-refractivity contribution in [2.75, 3.05) is 25.0 Å². The van der Waals surface area contributed by atoms with E-state index in [0.717, 1.165) is 13.0 Å². The molecular formula is C17H20N2O2. The van der Waals surface area contributed by atoms with E-state index >= 15 is 0 Å². The number of benzene rings is 2. The highest BCUT2D eigenvalue weighted by atomic mass is 16.5. The number of amides is 1. The van der Waals surface area contributed by atoms with E-state index in [1.807, 2.05) is 43.4 Å². The van der Waals surface area contributed by atoms with Crippen LogP contribution in [0.5, 0.6) is 5.75 Å². The minimum Gasteiger partial charge on any atom is -0.410 e. The van der Waals surface area contributed by atoms with Gasteiger partial charge in [0.1, 0.15) is 5.75 Å². The summed E-state index contributed by atoms with van der Waals surface area (Å²) in [7, 11) is 2.04. The van der Waals surface area contributed by atoms with Gasteiger partial charge >= 0.3 is 6.09 Å². The largest absolute Gasteiger partial charge is 0.412 e. The zero-order valence-corrected chi connectivity index (χ0v) is 12.2. The van der Waals surface area contributed by atoms with Crippen molar-refractivity contribution in [1.82, 2.24) is 5.32 Å². The number of para-hydroxylation sites is 2. The molecule has 0 spiro atoms. The van der Waals surface area contributed by atoms with Gasteiger partial charge in [-0.2, -0.15) is 0 Å². The minimum atomic E-state index is -0.413. The molecule has 0 aliphatic carbocycles. The van der Waals surface area contributed by atoms with E-state index in [4.69, 9.17) is 4.74 Å². The van der Waals surface area contributed by atoms with E-state index in [-0.39, 0.29) is 0 Å². The second kappa shape index (κ2) is 7.94. The number of hydrogen-bond acceptors (Lipinski definition) is 3. The first-order chi connectivity index (χ1) is 10.3. The molecule has 2 rings (SSSR count). The Morgan fingerprint density at radius 2 is 1.67 bits per heavy atom. The topological polar surface area (TPSA) is 41.6 Å². The molecule has 4 heteroatoms. The van der Waals surface area contributed by atoms with Crippen molar-refractivity contribution in [3.63, 3.8) is 0 Å². The molecule has 0 unspecified atom stereocenters. The monoisotopic (exact) mass is 284 g/mol. The molecule has 0 saturated heterocycles. The molecule has 2 aromatic carbocycles. The highest BCUT2D eigenvalue weighted by Crippen LogP contribution is 2.11. The second-order valence-corrected chi connectivity index (χ2v) is 4.74. The fourth-order valence-electron chi connectivity index (χ4n) is 1.95. The molecule has 2 aromatic rings. The number of nitrogens with one attached hydrogen (secondary N) is 1. The molecule has 0 radical (unpaired) electrons. The van der Waals surface area contributed by atoms with E-state index in [9.17, 15) is 4.79 Å². The van der Waals surface area contributed by atoms with E-state index in [0.29, 0.717) is 12.3 Å². The Labute approximate surface area is 125 Å². The number of hydrogen-bond donors (Lipinski definition) is 1. The van der Waals surface area contributed by atoms with E-state index in [1.54, 1.807) is 12.1 Å². The van der Waals surface area contributed by atoms with Crippen LogP contribution in [0.3, 0.4) is 0 Å². The van der Waals surface area contributed by atoms with Crippen molar-refractivity contribution in [2.24, 2.45) is 0 Å². The molecule has 0 fully saturated rings. The molecule has 0 heterocycles. The predicted molar refractivity (Wildman–Crippen MR) is 84.8 cm³/mol. The summed E-state index contributed by atoms with van der Waals surface area (Å²) in [5.74, 6) is 0.552. The molecule has 1 N–H and O–H groups in total. The van der Waals surface area contributed by atoms with Crippen molar-refractivity contribution >= 4 is 11.8 Å². The fourth-order valence-corrected chi connectivity index (χ4v) is 1.95. The molecule has 0 aliphatic rings. The molecule has 0 saturated carbocycles. The third-order valence-electron chi connectivity index (χ3n) is 3.09. The average Bonchev–Trinajstić information content (AvgIpc) is 2.53. The predicted octanol–water partition coefficient (Wildman–Crippen LogP) is 3.30. The first-order valence-corrected chi connectivity index (χ1v) is 7.02. The van der Waals surface area contributed by atoms with Crippen molar-refractivity contribution in [2.45, 2.75) is 6.42 Å². The average molecular weight is 284 g/mol. The van der Waals surface area contributed by atoms with Gasteiger partial charge in [0.15, 0.2) is 0 Å². The Morgan fingerprint density at radius 3 is 2.33 bits per heavy atom. The number of carbonyl (C=O) groups excluding carboxylic acids is 1. The van der Waals surface area contributed by atoms with Gasteiger partial charge in [-0.25, -0.2) is 4.79 Å². The second-order valence-electron chi connectivity index (χ2n) is 4.74. The quantitative estimate of drug-likeness (QED) is 0.828. The molecule has 0 bridgehead atoms. The van der Waals surface area contributed by atoms with Crippen LogP contribution in [0.2, 0.25) is 0 Å². The molecule has 21 heavy (non-hydrogen) atoms. The molecule has 0 atom stereocenters. The lowest BCUT2D eigenvalue weighted by atomic mass is 10.3. The first-order valence-electron chi connectivity index (χ1n) is 7.02. The van der Waals surface area contributed by atoms with Crippen LogP contribution in [-0.2, 0) is 0 Å². The van der Waals surface area contributed by atoms with Gasteiger partial charge < -0.3 is 15.0 Å². The lowest BCUT2D eigenvalue weighted by molar-refractivity contribution is 0.200. The summed E-state index contributed by atoms with van der Waals surface area (Å²) in [6, 6.07) is 19.2. The number of rotatable bonds is 6. The molecule has 4 nitrogen and oxygen atoms in total. The number of anilines is 1. The zero-order chi connectivity index (χ0) is 14.9. The van der Waals surface area contributed by atoms with Crippen LogP contribution >= 0.6 is 0 Å². The van der Waals surface area contributed by atoms with Crippen LogP contribution in [0, 0.1) is 0 Å². The van der Waals surface area contributed by atoms with Gasteiger partial charge in [0.25, 0.3) is 0 Å². The molecule has 0 aromatic heterocycles. The molecular weight excluding hydrogens is 264 g/mol. The van der Waals surface area contributed by atoms with Gasteiger partial charge in [-0.3, -0.25) is 0 Å². The van der Waals surface area contributed by atoms with Crippen LogP contribution in [0.1, 0.15) is 6.42 Å². The number of carbonyl (C=O) groups is 1. The molecule has 1 amide bonds. The Balaban J connectivity index is 1.64. The highest BCUT2D eigenvalue weighted by molar-refractivity contribution is 5.70. The maximum absolute atomic E-state index is 11.6. The van der Waals surface area contributed by atoms with Gasteiger partial charge in [0.05, 0.1) is 0 Å². The van der Waals surface area contributed by atoms with Gasteiger partial charge in [-0.15, -0.1) is 0 Å². The fraction of sp³-hybridized carbons (Fsp3) is 0.235. The van der Waals surface area contributed by atoms with Crippen molar-refractivity contribution in [3.05, 3.63) is 60.7 Å². The summed E-state index contributed by atoms with van der Waals surface area (Å²) in [4.78, 5) is 13.7. The van der Waals surface area contributed by atoms with Gasteiger partial charge in [0, 0.05) is 25.8 Å².